The average Bonchev–Trinajstić information content (AvgIpc) is 2.53. The van der Waals surface area contributed by atoms with E-state index >= 15 is 0 Å². The smallest absolute Gasteiger partial charge is 0.224 e. The lowest BCUT2D eigenvalue weighted by Crippen LogP contribution is -2.29. The standard InChI is InChI=1S/C18H28N2O2S/c1-18(2,3)20-23-16-7-5-15(6-8-16)19-17(21)9-4-14-10-12-22-13-11-14/h5-8,14,20H,4,9-13H2,1-3H3,(H,19,21). The van der Waals surface area contributed by atoms with E-state index in [4.69, 9.17) is 4.74 Å². The molecule has 1 aliphatic heterocycles. The van der Waals surface area contributed by atoms with Crippen molar-refractivity contribution in [3.63, 3.8) is 0 Å². The van der Waals surface area contributed by atoms with E-state index in [2.05, 4.69) is 30.8 Å². The van der Waals surface area contributed by atoms with Crippen molar-refractivity contribution in [2.24, 2.45) is 5.92 Å². The molecule has 2 N–H and O–H groups in total. The van der Waals surface area contributed by atoms with Crippen LogP contribution in [0.15, 0.2) is 29.2 Å². The maximum Gasteiger partial charge on any atom is 0.224 e. The van der Waals surface area contributed by atoms with Crippen molar-refractivity contribution >= 4 is 23.5 Å². The van der Waals surface area contributed by atoms with Gasteiger partial charge in [-0.1, -0.05) is 0 Å². The predicted molar refractivity (Wildman–Crippen MR) is 96.6 cm³/mol. The quantitative estimate of drug-likeness (QED) is 0.763. The van der Waals surface area contributed by atoms with E-state index < -0.39 is 0 Å². The van der Waals surface area contributed by atoms with Crippen LogP contribution in [0, 0.1) is 5.92 Å². The second-order valence-electron chi connectivity index (χ2n) is 7.12. The average molecular weight is 337 g/mol. The molecule has 0 radical (unpaired) electrons. The Morgan fingerprint density at radius 3 is 2.48 bits per heavy atom. The minimum absolute atomic E-state index is 0.0711. The molecule has 5 heteroatoms. The Labute approximate surface area is 143 Å². The van der Waals surface area contributed by atoms with Gasteiger partial charge in [0, 0.05) is 35.8 Å². The first kappa shape index (κ1) is 18.3. The van der Waals surface area contributed by atoms with Crippen LogP contribution in [0.2, 0.25) is 0 Å². The molecule has 1 aliphatic rings. The molecule has 1 amide bonds. The summed E-state index contributed by atoms with van der Waals surface area (Å²) in [5, 5.41) is 2.98. The topological polar surface area (TPSA) is 50.4 Å². The second-order valence-corrected chi connectivity index (χ2v) is 8.00. The van der Waals surface area contributed by atoms with Crippen LogP contribution in [0.3, 0.4) is 0 Å². The van der Waals surface area contributed by atoms with Gasteiger partial charge in [-0.05, 0) is 82.2 Å². The number of hydrogen-bond donors (Lipinski definition) is 2. The fraction of sp³-hybridized carbons (Fsp3) is 0.611. The molecule has 0 atom stereocenters. The highest BCUT2D eigenvalue weighted by Crippen LogP contribution is 2.22. The van der Waals surface area contributed by atoms with Crippen LogP contribution in [0.4, 0.5) is 5.69 Å². The van der Waals surface area contributed by atoms with Crippen LogP contribution in [-0.4, -0.2) is 24.7 Å². The summed E-state index contributed by atoms with van der Waals surface area (Å²) in [6, 6.07) is 7.97. The van der Waals surface area contributed by atoms with Gasteiger partial charge in [0.15, 0.2) is 0 Å². The van der Waals surface area contributed by atoms with Crippen LogP contribution in [0.1, 0.15) is 46.5 Å². The summed E-state index contributed by atoms with van der Waals surface area (Å²) in [6.07, 6.45) is 3.71. The third-order valence-corrected chi connectivity index (χ3v) is 4.96. The second kappa shape index (κ2) is 8.71. The number of ether oxygens (including phenoxy) is 1. The fourth-order valence-corrected chi connectivity index (χ4v) is 3.11. The Morgan fingerprint density at radius 2 is 1.87 bits per heavy atom. The molecule has 0 spiro atoms. The number of carbonyl (C=O) groups excluding carboxylic acids is 1. The third-order valence-electron chi connectivity index (χ3n) is 3.73. The van der Waals surface area contributed by atoms with Crippen molar-refractivity contribution in [1.82, 2.24) is 4.72 Å². The number of hydrogen-bond acceptors (Lipinski definition) is 4. The van der Waals surface area contributed by atoms with Crippen molar-refractivity contribution < 1.29 is 9.53 Å². The van der Waals surface area contributed by atoms with Crippen LogP contribution in [0.25, 0.3) is 0 Å². The first-order valence-electron chi connectivity index (χ1n) is 8.34. The molecule has 1 aromatic carbocycles. The van der Waals surface area contributed by atoms with Gasteiger partial charge in [-0.25, -0.2) is 0 Å². The SMILES string of the molecule is CC(C)(C)NSc1ccc(NC(=O)CCC2CCOCC2)cc1. The summed E-state index contributed by atoms with van der Waals surface area (Å²) in [7, 11) is 0. The molecule has 0 unspecified atom stereocenters. The van der Waals surface area contributed by atoms with Crippen LogP contribution < -0.4 is 10.0 Å². The number of carbonyl (C=O) groups is 1. The summed E-state index contributed by atoms with van der Waals surface area (Å²) in [5.74, 6) is 0.737. The van der Waals surface area contributed by atoms with Gasteiger partial charge in [0.05, 0.1) is 0 Å². The molecule has 0 aromatic heterocycles. The molecule has 4 nitrogen and oxygen atoms in total. The van der Waals surface area contributed by atoms with Crippen molar-refractivity contribution in [2.75, 3.05) is 18.5 Å². The Bertz CT molecular complexity index is 491. The zero-order valence-corrected chi connectivity index (χ0v) is 15.2. The van der Waals surface area contributed by atoms with Crippen molar-refractivity contribution in [3.8, 4) is 0 Å². The molecule has 128 valence electrons. The molecular formula is C18H28N2O2S. The predicted octanol–water partition coefficient (Wildman–Crippen LogP) is 4.23. The molecule has 1 saturated heterocycles. The molecule has 1 heterocycles. The lowest BCUT2D eigenvalue weighted by atomic mass is 9.95. The Kier molecular flexibility index (Phi) is 6.93. The van der Waals surface area contributed by atoms with Crippen molar-refractivity contribution in [2.45, 2.75) is 56.9 Å². The van der Waals surface area contributed by atoms with E-state index in [0.29, 0.717) is 12.3 Å². The zero-order valence-electron chi connectivity index (χ0n) is 14.4. The maximum absolute atomic E-state index is 12.0. The monoisotopic (exact) mass is 336 g/mol. The van der Waals surface area contributed by atoms with E-state index in [0.717, 1.165) is 43.1 Å². The summed E-state index contributed by atoms with van der Waals surface area (Å²) in [5.41, 5.74) is 0.934. The highest BCUT2D eigenvalue weighted by atomic mass is 32.2. The van der Waals surface area contributed by atoms with Crippen LogP contribution in [-0.2, 0) is 9.53 Å². The van der Waals surface area contributed by atoms with Gasteiger partial charge in [-0.2, -0.15) is 0 Å². The van der Waals surface area contributed by atoms with Gasteiger partial charge in [0.1, 0.15) is 0 Å². The number of rotatable bonds is 6. The van der Waals surface area contributed by atoms with E-state index in [1.165, 1.54) is 0 Å². The largest absolute Gasteiger partial charge is 0.381 e. The van der Waals surface area contributed by atoms with Gasteiger partial charge in [-0.15, -0.1) is 0 Å². The van der Waals surface area contributed by atoms with E-state index in [1.807, 2.05) is 24.3 Å². The molecule has 0 bridgehead atoms. The van der Waals surface area contributed by atoms with E-state index in [-0.39, 0.29) is 11.4 Å². The Hall–Kier alpha value is -1.04. The van der Waals surface area contributed by atoms with E-state index in [1.54, 1.807) is 11.9 Å². The summed E-state index contributed by atoms with van der Waals surface area (Å²) in [4.78, 5) is 13.2. The molecule has 1 fully saturated rings. The highest BCUT2D eigenvalue weighted by Gasteiger charge is 2.15. The fourth-order valence-electron chi connectivity index (χ4n) is 2.41. The summed E-state index contributed by atoms with van der Waals surface area (Å²) < 4.78 is 8.72. The lowest BCUT2D eigenvalue weighted by Gasteiger charge is -2.21. The molecule has 0 saturated carbocycles. The number of anilines is 1. The molecule has 23 heavy (non-hydrogen) atoms. The maximum atomic E-state index is 12.0. The lowest BCUT2D eigenvalue weighted by molar-refractivity contribution is -0.116. The zero-order chi connectivity index (χ0) is 16.7. The molecule has 0 aliphatic carbocycles. The van der Waals surface area contributed by atoms with Crippen molar-refractivity contribution in [1.29, 1.82) is 0 Å². The normalized spacial score (nSPS) is 16.3. The highest BCUT2D eigenvalue weighted by molar-refractivity contribution is 7.97. The summed E-state index contributed by atoms with van der Waals surface area (Å²) >= 11 is 1.61. The van der Waals surface area contributed by atoms with Gasteiger partial charge >= 0.3 is 0 Å². The van der Waals surface area contributed by atoms with Gasteiger partial charge < -0.3 is 10.1 Å². The number of benzene rings is 1. The van der Waals surface area contributed by atoms with Crippen LogP contribution >= 0.6 is 11.9 Å². The van der Waals surface area contributed by atoms with Crippen molar-refractivity contribution in [3.05, 3.63) is 24.3 Å². The molecule has 2 rings (SSSR count). The molecule has 1 aromatic rings. The van der Waals surface area contributed by atoms with E-state index in [9.17, 15) is 4.79 Å². The van der Waals surface area contributed by atoms with Gasteiger partial charge in [0.25, 0.3) is 0 Å². The van der Waals surface area contributed by atoms with Gasteiger partial charge in [-0.3, -0.25) is 9.52 Å². The third kappa shape index (κ3) is 7.38. The Balaban J connectivity index is 1.73. The number of amides is 1. The summed E-state index contributed by atoms with van der Waals surface area (Å²) in [6.45, 7) is 8.08. The number of nitrogens with one attached hydrogen (secondary N) is 2. The van der Waals surface area contributed by atoms with Crippen LogP contribution in [0.5, 0.6) is 0 Å². The molecular weight excluding hydrogens is 308 g/mol. The first-order chi connectivity index (χ1) is 10.9. The van der Waals surface area contributed by atoms with Gasteiger partial charge in [0.2, 0.25) is 5.91 Å². The minimum Gasteiger partial charge on any atom is -0.381 e. The minimum atomic E-state index is 0.0711. The first-order valence-corrected chi connectivity index (χ1v) is 9.16. The Morgan fingerprint density at radius 1 is 1.22 bits per heavy atom.